The lowest BCUT2D eigenvalue weighted by molar-refractivity contribution is -0.137. The fourth-order valence-corrected chi connectivity index (χ4v) is 5.13. The van der Waals surface area contributed by atoms with E-state index in [0.717, 1.165) is 24.8 Å². The van der Waals surface area contributed by atoms with Crippen molar-refractivity contribution in [1.29, 1.82) is 0 Å². The number of fused-ring (bicyclic) bond motifs is 1. The zero-order valence-electron chi connectivity index (χ0n) is 25.0. The predicted octanol–water partition coefficient (Wildman–Crippen LogP) is 4.02. The highest BCUT2D eigenvalue weighted by molar-refractivity contribution is 6.30. The Bertz CT molecular complexity index is 1530. The molecule has 3 heterocycles. The van der Waals surface area contributed by atoms with Gasteiger partial charge in [-0.05, 0) is 39.3 Å². The smallest absolute Gasteiger partial charge is 0.411 e. The molecule has 0 aliphatic carbocycles. The molecule has 1 aromatic carbocycles. The average Bonchev–Trinajstić information content (AvgIpc) is 3.39. The SMILES string of the molecule is CCCCCn1c(N2CCN(C(=O)OC(C)(C)C)C(C(=O)NCCC(=O)O)C2)cc(=O)n2cc(-c3ccc(Cl)cc3)nc12. The van der Waals surface area contributed by atoms with Crippen LogP contribution in [-0.4, -0.2) is 79.7 Å². The molecule has 0 radical (unpaired) electrons. The number of carbonyl (C=O) groups excluding carboxylic acids is 2. The van der Waals surface area contributed by atoms with Gasteiger partial charge in [0.05, 0.1) is 12.1 Å². The number of unbranched alkanes of at least 4 members (excludes halogenated alkanes) is 2. The topological polar surface area (TPSA) is 138 Å². The number of carboxylic acid groups (broad SMARTS) is 1. The number of rotatable bonds is 10. The molecule has 13 heteroatoms. The molecule has 2 N–H and O–H groups in total. The quantitative estimate of drug-likeness (QED) is 0.327. The van der Waals surface area contributed by atoms with Crippen LogP contribution in [0.3, 0.4) is 0 Å². The average molecular weight is 615 g/mol. The molecule has 0 bridgehead atoms. The molecule has 1 atom stereocenters. The molecule has 1 saturated heterocycles. The Morgan fingerprint density at radius 3 is 2.51 bits per heavy atom. The van der Waals surface area contributed by atoms with Crippen LogP contribution >= 0.6 is 11.6 Å². The third kappa shape index (κ3) is 7.86. The molecule has 2 aromatic heterocycles. The highest BCUT2D eigenvalue weighted by atomic mass is 35.5. The summed E-state index contributed by atoms with van der Waals surface area (Å²) >= 11 is 6.07. The van der Waals surface area contributed by atoms with E-state index in [4.69, 9.17) is 26.4 Å². The lowest BCUT2D eigenvalue weighted by Crippen LogP contribution is -2.61. The third-order valence-electron chi connectivity index (χ3n) is 7.09. The first-order valence-corrected chi connectivity index (χ1v) is 14.9. The standard InChI is InChI=1S/C30H39ClN6O6/c1-5-6-7-14-36-24(17-25(38)37-18-22(33-28(36)37)20-8-10-21(31)11-9-20)34-15-16-35(29(42)43-30(2,3)4)23(19-34)27(41)32-13-12-26(39)40/h8-11,17-18,23H,5-7,12-16,19H2,1-4H3,(H,32,41)(H,39,40). The second-order valence-electron chi connectivity index (χ2n) is 11.6. The molecule has 2 amide bonds. The van der Waals surface area contributed by atoms with E-state index >= 15 is 0 Å². The van der Waals surface area contributed by atoms with Crippen molar-refractivity contribution in [2.75, 3.05) is 31.1 Å². The van der Waals surface area contributed by atoms with E-state index in [1.165, 1.54) is 15.4 Å². The summed E-state index contributed by atoms with van der Waals surface area (Å²) in [5.41, 5.74) is 0.395. The summed E-state index contributed by atoms with van der Waals surface area (Å²) < 4.78 is 9.08. The molecule has 0 spiro atoms. The fourth-order valence-electron chi connectivity index (χ4n) is 5.00. The first-order chi connectivity index (χ1) is 20.4. The molecule has 43 heavy (non-hydrogen) atoms. The van der Waals surface area contributed by atoms with Crippen molar-refractivity contribution in [1.82, 2.24) is 24.2 Å². The molecule has 1 unspecified atom stereocenters. The van der Waals surface area contributed by atoms with E-state index in [1.807, 2.05) is 21.6 Å². The Labute approximate surface area is 255 Å². The number of amides is 2. The first kappa shape index (κ1) is 31.9. The predicted molar refractivity (Wildman–Crippen MR) is 164 cm³/mol. The van der Waals surface area contributed by atoms with Crippen molar-refractivity contribution in [2.24, 2.45) is 0 Å². The summed E-state index contributed by atoms with van der Waals surface area (Å²) in [6.45, 7) is 8.43. The maximum atomic E-state index is 13.4. The number of imidazole rings is 1. The number of aryl methyl sites for hydroxylation is 1. The van der Waals surface area contributed by atoms with Crippen LogP contribution in [-0.2, 0) is 20.9 Å². The number of carbonyl (C=O) groups is 3. The molecule has 12 nitrogen and oxygen atoms in total. The molecule has 1 aliphatic heterocycles. The Kier molecular flexibility index (Phi) is 10.0. The summed E-state index contributed by atoms with van der Waals surface area (Å²) in [7, 11) is 0. The molecule has 1 fully saturated rings. The number of nitrogens with zero attached hydrogens (tertiary/aromatic N) is 5. The van der Waals surface area contributed by atoms with Gasteiger partial charge in [-0.3, -0.25) is 28.3 Å². The number of piperazine rings is 1. The van der Waals surface area contributed by atoms with Gasteiger partial charge in [0.15, 0.2) is 0 Å². The molecule has 1 aliphatic rings. The third-order valence-corrected chi connectivity index (χ3v) is 7.35. The van der Waals surface area contributed by atoms with Crippen molar-refractivity contribution in [3.8, 4) is 11.3 Å². The number of carboxylic acids is 1. The second-order valence-corrected chi connectivity index (χ2v) is 12.0. The second kappa shape index (κ2) is 13.5. The molecular formula is C30H39ClN6O6. The van der Waals surface area contributed by atoms with Crippen LogP contribution in [0.1, 0.15) is 53.4 Å². The van der Waals surface area contributed by atoms with Gasteiger partial charge in [-0.15, -0.1) is 0 Å². The van der Waals surface area contributed by atoms with E-state index < -0.39 is 29.6 Å². The van der Waals surface area contributed by atoms with Crippen molar-refractivity contribution in [3.63, 3.8) is 0 Å². The molecule has 3 aromatic rings. The van der Waals surface area contributed by atoms with Gasteiger partial charge in [0.2, 0.25) is 11.7 Å². The maximum Gasteiger partial charge on any atom is 0.411 e. The highest BCUT2D eigenvalue weighted by Gasteiger charge is 2.38. The molecule has 4 rings (SSSR count). The Hall–Kier alpha value is -4.06. The van der Waals surface area contributed by atoms with E-state index in [-0.39, 0.29) is 31.6 Å². The van der Waals surface area contributed by atoms with Crippen molar-refractivity contribution < 1.29 is 24.2 Å². The minimum absolute atomic E-state index is 0.0757. The van der Waals surface area contributed by atoms with Crippen LogP contribution in [0.4, 0.5) is 10.6 Å². The first-order valence-electron chi connectivity index (χ1n) is 14.5. The Balaban J connectivity index is 1.72. The van der Waals surface area contributed by atoms with E-state index in [2.05, 4.69) is 12.2 Å². The largest absolute Gasteiger partial charge is 0.481 e. The minimum Gasteiger partial charge on any atom is -0.481 e. The number of halogens is 1. The number of benzene rings is 1. The number of nitrogens with one attached hydrogen (secondary N) is 1. The van der Waals surface area contributed by atoms with Gasteiger partial charge < -0.3 is 20.1 Å². The van der Waals surface area contributed by atoms with Crippen molar-refractivity contribution >= 4 is 41.2 Å². The zero-order chi connectivity index (χ0) is 31.3. The normalized spacial score (nSPS) is 15.5. The van der Waals surface area contributed by atoms with Crippen LogP contribution in [0, 0.1) is 0 Å². The van der Waals surface area contributed by atoms with Gasteiger partial charge >= 0.3 is 12.1 Å². The number of hydrogen-bond donors (Lipinski definition) is 2. The van der Waals surface area contributed by atoms with Crippen LogP contribution in [0.15, 0.2) is 41.3 Å². The number of aromatic nitrogens is 3. The van der Waals surface area contributed by atoms with Crippen LogP contribution in [0.25, 0.3) is 17.0 Å². The number of hydrogen-bond acceptors (Lipinski definition) is 7. The summed E-state index contributed by atoms with van der Waals surface area (Å²) in [4.78, 5) is 59.0. The van der Waals surface area contributed by atoms with Crippen LogP contribution in [0.2, 0.25) is 5.02 Å². The lowest BCUT2D eigenvalue weighted by Gasteiger charge is -2.42. The summed E-state index contributed by atoms with van der Waals surface area (Å²) in [6, 6.07) is 7.80. The van der Waals surface area contributed by atoms with Crippen molar-refractivity contribution in [3.05, 3.63) is 51.9 Å². The van der Waals surface area contributed by atoms with Gasteiger partial charge in [0.1, 0.15) is 17.5 Å². The Morgan fingerprint density at radius 1 is 1.14 bits per heavy atom. The highest BCUT2D eigenvalue weighted by Crippen LogP contribution is 2.26. The molecule has 232 valence electrons. The van der Waals surface area contributed by atoms with Gasteiger partial charge in [0.25, 0.3) is 5.56 Å². The van der Waals surface area contributed by atoms with E-state index in [0.29, 0.717) is 35.4 Å². The van der Waals surface area contributed by atoms with Gasteiger partial charge in [-0.25, -0.2) is 9.78 Å². The number of aliphatic carboxylic acids is 1. The van der Waals surface area contributed by atoms with E-state index in [9.17, 15) is 19.2 Å². The number of ether oxygens (including phenoxy) is 1. The van der Waals surface area contributed by atoms with E-state index in [1.54, 1.807) is 39.1 Å². The van der Waals surface area contributed by atoms with Gasteiger partial charge in [-0.2, -0.15) is 0 Å². The Morgan fingerprint density at radius 2 is 1.86 bits per heavy atom. The monoisotopic (exact) mass is 614 g/mol. The zero-order valence-corrected chi connectivity index (χ0v) is 25.8. The van der Waals surface area contributed by atoms with Crippen molar-refractivity contribution in [2.45, 2.75) is 71.6 Å². The molecular weight excluding hydrogens is 576 g/mol. The number of anilines is 1. The molecule has 0 saturated carbocycles. The minimum atomic E-state index is -1.04. The summed E-state index contributed by atoms with van der Waals surface area (Å²) in [5, 5.41) is 12.3. The maximum absolute atomic E-state index is 13.4. The fraction of sp³-hybridized carbons (Fsp3) is 0.500. The summed E-state index contributed by atoms with van der Waals surface area (Å²) in [5.74, 6) is -0.477. The van der Waals surface area contributed by atoms with Crippen LogP contribution in [0.5, 0.6) is 0 Å². The summed E-state index contributed by atoms with van der Waals surface area (Å²) in [6.07, 6.45) is 3.65. The van der Waals surface area contributed by atoms with Gasteiger partial charge in [-0.1, -0.05) is 43.5 Å². The van der Waals surface area contributed by atoms with Crippen LogP contribution < -0.4 is 15.8 Å². The lowest BCUT2D eigenvalue weighted by atomic mass is 10.1. The van der Waals surface area contributed by atoms with Gasteiger partial charge in [0, 0.05) is 55.6 Å².